The number of carbonyl (C=O) groups is 1. The quantitative estimate of drug-likeness (QED) is 0.504. The van der Waals surface area contributed by atoms with Crippen LogP contribution < -0.4 is 0 Å². The average molecular weight is 376 g/mol. The molecule has 0 atom stereocenters. The molecule has 0 N–H and O–H groups in total. The van der Waals surface area contributed by atoms with Crippen LogP contribution in [0.5, 0.6) is 0 Å². The average Bonchev–Trinajstić information content (AvgIpc) is 3.08. The van der Waals surface area contributed by atoms with Gasteiger partial charge in [0.1, 0.15) is 0 Å². The third-order valence-electron chi connectivity index (χ3n) is 4.47. The molecule has 0 spiro atoms. The first-order valence-electron chi connectivity index (χ1n) is 8.34. The Morgan fingerprint density at radius 2 is 1.70 bits per heavy atom. The molecule has 4 aromatic rings. The number of benzene rings is 2. The van der Waals surface area contributed by atoms with Gasteiger partial charge in [-0.05, 0) is 42.3 Å². The molecule has 27 heavy (non-hydrogen) atoms. The fourth-order valence-electron chi connectivity index (χ4n) is 3.04. The molecule has 5 nitrogen and oxygen atoms in total. The Bertz CT molecular complexity index is 1240. The topological polar surface area (TPSA) is 69.0 Å². The third-order valence-corrected chi connectivity index (χ3v) is 6.06. The lowest BCUT2D eigenvalue weighted by Crippen LogP contribution is -2.13. The lowest BCUT2D eigenvalue weighted by molar-refractivity contribution is 0.112. The van der Waals surface area contributed by atoms with E-state index in [2.05, 4.69) is 4.98 Å². The lowest BCUT2D eigenvalue weighted by atomic mass is 10.0. The molecule has 0 aliphatic carbocycles. The maximum atomic E-state index is 13.0. The normalized spacial score (nSPS) is 11.6. The van der Waals surface area contributed by atoms with Crippen molar-refractivity contribution in [2.75, 3.05) is 0 Å². The molecule has 0 unspecified atom stereocenters. The Labute approximate surface area is 157 Å². The SMILES string of the molecule is Cc1ccc(-c2ccc3c(c2)c(C=O)cn3S(=O)(=O)c2ccccn2)cc1. The molecule has 2 aromatic heterocycles. The van der Waals surface area contributed by atoms with E-state index in [1.165, 1.54) is 18.5 Å². The zero-order valence-electron chi connectivity index (χ0n) is 14.5. The van der Waals surface area contributed by atoms with Gasteiger partial charge in [0.05, 0.1) is 5.52 Å². The van der Waals surface area contributed by atoms with Gasteiger partial charge < -0.3 is 0 Å². The number of hydrogen-bond donors (Lipinski definition) is 0. The van der Waals surface area contributed by atoms with Gasteiger partial charge in [0.15, 0.2) is 11.3 Å². The molecule has 6 heteroatoms. The van der Waals surface area contributed by atoms with Crippen molar-refractivity contribution in [2.45, 2.75) is 11.9 Å². The standard InChI is InChI=1S/C21H16N2O3S/c1-15-5-7-16(8-6-15)17-9-10-20-19(12-17)18(14-24)13-23(20)27(25,26)21-4-2-3-11-22-21/h2-14H,1H3. The summed E-state index contributed by atoms with van der Waals surface area (Å²) in [5.74, 6) is 0. The van der Waals surface area contributed by atoms with Gasteiger partial charge in [0.25, 0.3) is 10.0 Å². The largest absolute Gasteiger partial charge is 0.298 e. The Morgan fingerprint density at radius 3 is 2.37 bits per heavy atom. The number of aromatic nitrogens is 2. The molecule has 2 heterocycles. The Hall–Kier alpha value is -3.25. The minimum Gasteiger partial charge on any atom is -0.298 e. The van der Waals surface area contributed by atoms with Crippen LogP contribution in [0.3, 0.4) is 0 Å². The smallest absolute Gasteiger partial charge is 0.285 e. The molecule has 0 bridgehead atoms. The van der Waals surface area contributed by atoms with E-state index in [4.69, 9.17) is 0 Å². The molecule has 4 rings (SSSR count). The van der Waals surface area contributed by atoms with E-state index in [9.17, 15) is 13.2 Å². The highest BCUT2D eigenvalue weighted by atomic mass is 32.2. The molecule has 0 amide bonds. The minimum atomic E-state index is -3.89. The Morgan fingerprint density at radius 1 is 0.963 bits per heavy atom. The van der Waals surface area contributed by atoms with E-state index < -0.39 is 10.0 Å². The Kier molecular flexibility index (Phi) is 4.12. The van der Waals surface area contributed by atoms with Crippen LogP contribution in [0.25, 0.3) is 22.0 Å². The van der Waals surface area contributed by atoms with E-state index in [1.54, 1.807) is 18.2 Å². The predicted molar refractivity (Wildman–Crippen MR) is 104 cm³/mol. The van der Waals surface area contributed by atoms with E-state index in [0.29, 0.717) is 22.8 Å². The lowest BCUT2D eigenvalue weighted by Gasteiger charge is -2.07. The second kappa shape index (κ2) is 6.48. The van der Waals surface area contributed by atoms with Crippen LogP contribution in [0.1, 0.15) is 15.9 Å². The van der Waals surface area contributed by atoms with Crippen LogP contribution in [0.15, 0.2) is 78.1 Å². The maximum absolute atomic E-state index is 13.0. The molecule has 134 valence electrons. The van der Waals surface area contributed by atoms with Crippen molar-refractivity contribution in [1.82, 2.24) is 8.96 Å². The summed E-state index contributed by atoms with van der Waals surface area (Å²) < 4.78 is 27.0. The number of pyridine rings is 1. The summed E-state index contributed by atoms with van der Waals surface area (Å²) in [4.78, 5) is 15.5. The van der Waals surface area contributed by atoms with Gasteiger partial charge in [-0.15, -0.1) is 0 Å². The van der Waals surface area contributed by atoms with Crippen molar-refractivity contribution in [2.24, 2.45) is 0 Å². The zero-order chi connectivity index (χ0) is 19.0. The van der Waals surface area contributed by atoms with Gasteiger partial charge in [-0.2, -0.15) is 8.42 Å². The summed E-state index contributed by atoms with van der Waals surface area (Å²) in [6.45, 7) is 2.01. The summed E-state index contributed by atoms with van der Waals surface area (Å²) in [5, 5.41) is 0.518. The van der Waals surface area contributed by atoms with Crippen molar-refractivity contribution in [3.63, 3.8) is 0 Å². The van der Waals surface area contributed by atoms with Crippen molar-refractivity contribution in [3.8, 4) is 11.1 Å². The van der Waals surface area contributed by atoms with Crippen LogP contribution in [0.2, 0.25) is 0 Å². The minimum absolute atomic E-state index is 0.0676. The van der Waals surface area contributed by atoms with Crippen LogP contribution in [0, 0.1) is 6.92 Å². The molecular weight excluding hydrogens is 360 g/mol. The van der Waals surface area contributed by atoms with Crippen LogP contribution in [-0.2, 0) is 10.0 Å². The van der Waals surface area contributed by atoms with Crippen molar-refractivity contribution in [3.05, 3.63) is 84.2 Å². The predicted octanol–water partition coefficient (Wildman–Crippen LogP) is 4.06. The van der Waals surface area contributed by atoms with Gasteiger partial charge in [-0.1, -0.05) is 42.0 Å². The zero-order valence-corrected chi connectivity index (χ0v) is 15.3. The van der Waals surface area contributed by atoms with Crippen molar-refractivity contribution >= 4 is 27.2 Å². The summed E-state index contributed by atoms with van der Waals surface area (Å²) >= 11 is 0. The fraction of sp³-hybridized carbons (Fsp3) is 0.0476. The van der Waals surface area contributed by atoms with Gasteiger partial charge in [0, 0.05) is 23.3 Å². The van der Waals surface area contributed by atoms with E-state index in [0.717, 1.165) is 20.7 Å². The van der Waals surface area contributed by atoms with Gasteiger partial charge in [-0.3, -0.25) is 4.79 Å². The summed E-state index contributed by atoms with van der Waals surface area (Å²) in [5.41, 5.74) is 3.83. The highest BCUT2D eigenvalue weighted by Gasteiger charge is 2.22. The highest BCUT2D eigenvalue weighted by molar-refractivity contribution is 7.90. The van der Waals surface area contributed by atoms with E-state index in [-0.39, 0.29) is 5.03 Å². The number of carbonyl (C=O) groups excluding carboxylic acids is 1. The number of nitrogens with zero attached hydrogens (tertiary/aromatic N) is 2. The monoisotopic (exact) mass is 376 g/mol. The molecule has 0 aliphatic rings. The molecule has 0 fully saturated rings. The van der Waals surface area contributed by atoms with E-state index in [1.807, 2.05) is 43.3 Å². The third kappa shape index (κ3) is 2.94. The van der Waals surface area contributed by atoms with Crippen molar-refractivity contribution in [1.29, 1.82) is 0 Å². The maximum Gasteiger partial charge on any atom is 0.285 e. The van der Waals surface area contributed by atoms with Crippen LogP contribution in [0.4, 0.5) is 0 Å². The summed E-state index contributed by atoms with van der Waals surface area (Å²) in [7, 11) is -3.89. The number of aldehydes is 1. The first-order chi connectivity index (χ1) is 13.0. The van der Waals surface area contributed by atoms with Gasteiger partial charge in [-0.25, -0.2) is 8.96 Å². The molecular formula is C21H16N2O3S. The highest BCUT2D eigenvalue weighted by Crippen LogP contribution is 2.29. The molecule has 0 saturated heterocycles. The fourth-order valence-corrected chi connectivity index (χ4v) is 4.36. The molecule has 0 radical (unpaired) electrons. The first kappa shape index (κ1) is 17.2. The van der Waals surface area contributed by atoms with E-state index >= 15 is 0 Å². The van der Waals surface area contributed by atoms with Crippen LogP contribution >= 0.6 is 0 Å². The summed E-state index contributed by atoms with van der Waals surface area (Å²) in [6, 6.07) is 18.1. The summed E-state index contributed by atoms with van der Waals surface area (Å²) in [6.07, 6.45) is 3.45. The van der Waals surface area contributed by atoms with Gasteiger partial charge >= 0.3 is 0 Å². The second-order valence-electron chi connectivity index (χ2n) is 6.27. The number of rotatable bonds is 4. The number of aryl methyl sites for hydroxylation is 1. The molecule has 2 aromatic carbocycles. The number of hydrogen-bond acceptors (Lipinski definition) is 4. The van der Waals surface area contributed by atoms with Gasteiger partial charge in [0.2, 0.25) is 0 Å². The Balaban J connectivity index is 1.92. The first-order valence-corrected chi connectivity index (χ1v) is 9.78. The molecule has 0 aliphatic heterocycles. The second-order valence-corrected chi connectivity index (χ2v) is 8.03. The van der Waals surface area contributed by atoms with Crippen molar-refractivity contribution < 1.29 is 13.2 Å². The van der Waals surface area contributed by atoms with Crippen LogP contribution in [-0.4, -0.2) is 23.7 Å². The molecule has 0 saturated carbocycles. The number of fused-ring (bicyclic) bond motifs is 1.